The summed E-state index contributed by atoms with van der Waals surface area (Å²) in [4.78, 5) is 12.4. The van der Waals surface area contributed by atoms with Gasteiger partial charge in [-0.3, -0.25) is 4.79 Å². The van der Waals surface area contributed by atoms with Gasteiger partial charge < -0.3 is 31.6 Å². The van der Waals surface area contributed by atoms with Crippen molar-refractivity contribution in [2.75, 3.05) is 27.0 Å². The van der Waals surface area contributed by atoms with Crippen LogP contribution in [0.2, 0.25) is 0 Å². The van der Waals surface area contributed by atoms with E-state index in [1.54, 1.807) is 25.2 Å². The molecule has 2 aromatic carbocycles. The second-order valence-electron chi connectivity index (χ2n) is 6.74. The van der Waals surface area contributed by atoms with Crippen LogP contribution in [-0.2, 0) is 4.79 Å². The van der Waals surface area contributed by atoms with E-state index in [1.807, 2.05) is 0 Å². The summed E-state index contributed by atoms with van der Waals surface area (Å²) in [5.74, 6) is 0.0643. The Balaban J connectivity index is 2.13. The van der Waals surface area contributed by atoms with Gasteiger partial charge >= 0.3 is 0 Å². The Bertz CT molecular complexity index is 971. The van der Waals surface area contributed by atoms with Crippen LogP contribution < -0.4 is 31.6 Å². The number of methoxy groups -OCH3 is 2. The number of amides is 1. The Morgan fingerprint density at radius 1 is 1.17 bits per heavy atom. The summed E-state index contributed by atoms with van der Waals surface area (Å²) in [5, 5.41) is 5.75. The summed E-state index contributed by atoms with van der Waals surface area (Å²) in [7, 11) is 4.64. The van der Waals surface area contributed by atoms with Crippen molar-refractivity contribution in [1.29, 1.82) is 0 Å². The molecule has 1 aliphatic rings. The van der Waals surface area contributed by atoms with Crippen molar-refractivity contribution in [1.82, 2.24) is 10.6 Å². The summed E-state index contributed by atoms with van der Waals surface area (Å²) in [6.07, 6.45) is 1.88. The highest BCUT2D eigenvalue weighted by molar-refractivity contribution is 6.02. The van der Waals surface area contributed by atoms with Gasteiger partial charge in [0.2, 0.25) is 0 Å². The third-order valence-corrected chi connectivity index (χ3v) is 4.82. The highest BCUT2D eigenvalue weighted by Crippen LogP contribution is 2.40. The number of hydrogen-bond acceptors (Lipinski definition) is 6. The van der Waals surface area contributed by atoms with Gasteiger partial charge in [-0.15, -0.1) is 0 Å². The van der Waals surface area contributed by atoms with Gasteiger partial charge in [-0.05, 0) is 37.1 Å². The second kappa shape index (κ2) is 8.30. The zero-order chi connectivity index (χ0) is 21.1. The third-order valence-electron chi connectivity index (χ3n) is 4.82. The van der Waals surface area contributed by atoms with Crippen molar-refractivity contribution in [3.05, 3.63) is 47.4 Å². The molecule has 2 aromatic rings. The number of hydrogen-bond donors (Lipinski definition) is 4. The molecule has 3 rings (SSSR count). The van der Waals surface area contributed by atoms with Gasteiger partial charge in [-0.2, -0.15) is 0 Å². The van der Waals surface area contributed by atoms with Gasteiger partial charge in [0.15, 0.2) is 0 Å². The van der Waals surface area contributed by atoms with E-state index in [9.17, 15) is 9.18 Å². The van der Waals surface area contributed by atoms with Crippen molar-refractivity contribution in [3.8, 4) is 22.6 Å². The molecule has 6 N–H and O–H groups in total. The van der Waals surface area contributed by atoms with Gasteiger partial charge in [0.25, 0.3) is 5.91 Å². The average Bonchev–Trinajstić information content (AvgIpc) is 3.54. The van der Waals surface area contributed by atoms with E-state index in [-0.39, 0.29) is 28.9 Å². The maximum Gasteiger partial charge on any atom is 0.269 e. The maximum absolute atomic E-state index is 14.8. The van der Waals surface area contributed by atoms with Crippen LogP contribution in [0, 0.1) is 5.82 Å². The molecule has 0 radical (unpaired) electrons. The van der Waals surface area contributed by atoms with Crippen molar-refractivity contribution in [2.45, 2.75) is 18.9 Å². The average molecular weight is 400 g/mol. The van der Waals surface area contributed by atoms with Crippen LogP contribution in [0.4, 0.5) is 10.1 Å². The van der Waals surface area contributed by atoms with Crippen LogP contribution in [0.15, 0.2) is 36.0 Å². The Morgan fingerprint density at radius 3 is 2.48 bits per heavy atom. The molecule has 1 aliphatic carbocycles. The number of nitrogen functional groups attached to an aromatic ring is 1. The lowest BCUT2D eigenvalue weighted by Crippen LogP contribution is -2.32. The monoisotopic (exact) mass is 400 g/mol. The molecule has 0 spiro atoms. The van der Waals surface area contributed by atoms with Gasteiger partial charge in [0.05, 0.1) is 25.6 Å². The highest BCUT2D eigenvalue weighted by atomic mass is 19.1. The van der Waals surface area contributed by atoms with E-state index in [2.05, 4.69) is 10.6 Å². The van der Waals surface area contributed by atoms with Crippen LogP contribution in [-0.4, -0.2) is 33.2 Å². The number of rotatable bonds is 7. The molecule has 0 unspecified atom stereocenters. The van der Waals surface area contributed by atoms with Crippen molar-refractivity contribution < 1.29 is 18.7 Å². The van der Waals surface area contributed by atoms with Crippen LogP contribution in [0.5, 0.6) is 11.5 Å². The lowest BCUT2D eigenvalue weighted by molar-refractivity contribution is -0.117. The fourth-order valence-electron chi connectivity index (χ4n) is 3.11. The molecule has 8 heteroatoms. The standard InChI is InChI=1S/C21H25FN4O3/c1-25-20(19(24)21(27)26-11-4-5-11)14-8-9-15(22)17(18(14)23)13-7-6-12(28-2)10-16(13)29-3/h6-11,25H,4-5,23-24H2,1-3H3,(H,26,27)/b20-19+. The minimum absolute atomic E-state index is 0.00893. The van der Waals surface area contributed by atoms with E-state index >= 15 is 0 Å². The number of carbonyl (C=O) groups excluding carboxylic acids is 1. The lowest BCUT2D eigenvalue weighted by Gasteiger charge is -2.18. The van der Waals surface area contributed by atoms with Gasteiger partial charge in [-0.1, -0.05) is 0 Å². The zero-order valence-electron chi connectivity index (χ0n) is 16.6. The third kappa shape index (κ3) is 4.06. The smallest absolute Gasteiger partial charge is 0.269 e. The highest BCUT2D eigenvalue weighted by Gasteiger charge is 2.26. The lowest BCUT2D eigenvalue weighted by atomic mass is 9.96. The number of benzene rings is 2. The molecule has 1 saturated carbocycles. The van der Waals surface area contributed by atoms with Crippen LogP contribution in [0.3, 0.4) is 0 Å². The van der Waals surface area contributed by atoms with Crippen molar-refractivity contribution in [3.63, 3.8) is 0 Å². The summed E-state index contributed by atoms with van der Waals surface area (Å²) < 4.78 is 25.4. The summed E-state index contributed by atoms with van der Waals surface area (Å²) in [6.45, 7) is 0. The number of carbonyl (C=O) groups is 1. The predicted octanol–water partition coefficient (Wildman–Crippen LogP) is 2.22. The first-order valence-corrected chi connectivity index (χ1v) is 9.20. The first kappa shape index (κ1) is 20.3. The summed E-state index contributed by atoms with van der Waals surface area (Å²) in [5.41, 5.74) is 13.9. The van der Waals surface area contributed by atoms with Crippen molar-refractivity contribution in [2.24, 2.45) is 5.73 Å². The summed E-state index contributed by atoms with van der Waals surface area (Å²) >= 11 is 0. The molecule has 7 nitrogen and oxygen atoms in total. The van der Waals surface area contributed by atoms with Crippen molar-refractivity contribution >= 4 is 17.3 Å². The first-order chi connectivity index (χ1) is 13.9. The van der Waals surface area contributed by atoms with Crippen LogP contribution in [0.1, 0.15) is 18.4 Å². The molecule has 0 saturated heterocycles. The number of halogens is 1. The quantitative estimate of drug-likeness (QED) is 0.419. The first-order valence-electron chi connectivity index (χ1n) is 9.20. The van der Waals surface area contributed by atoms with Gasteiger partial charge in [0.1, 0.15) is 23.0 Å². The van der Waals surface area contributed by atoms with E-state index in [0.29, 0.717) is 28.3 Å². The van der Waals surface area contributed by atoms with Gasteiger partial charge in [-0.25, -0.2) is 4.39 Å². The Kier molecular flexibility index (Phi) is 5.81. The molecule has 29 heavy (non-hydrogen) atoms. The molecular formula is C21H25FN4O3. The minimum Gasteiger partial charge on any atom is -0.497 e. The molecule has 0 heterocycles. The molecule has 0 bridgehead atoms. The van der Waals surface area contributed by atoms with Crippen LogP contribution >= 0.6 is 0 Å². The van der Waals surface area contributed by atoms with E-state index in [4.69, 9.17) is 20.9 Å². The maximum atomic E-state index is 14.8. The fraction of sp³-hybridized carbons (Fsp3) is 0.286. The van der Waals surface area contributed by atoms with Gasteiger partial charge in [0, 0.05) is 35.8 Å². The molecule has 1 fully saturated rings. The minimum atomic E-state index is -0.522. The number of anilines is 1. The Labute approximate surface area is 168 Å². The molecule has 0 aliphatic heterocycles. The van der Waals surface area contributed by atoms with E-state index < -0.39 is 5.82 Å². The Hall–Kier alpha value is -3.42. The fourth-order valence-corrected chi connectivity index (χ4v) is 3.11. The molecule has 0 atom stereocenters. The number of ether oxygens (including phenoxy) is 2. The molecule has 154 valence electrons. The number of nitrogens with one attached hydrogen (secondary N) is 2. The second-order valence-corrected chi connectivity index (χ2v) is 6.74. The molecule has 0 aromatic heterocycles. The summed E-state index contributed by atoms with van der Waals surface area (Å²) in [6, 6.07) is 7.94. The van der Waals surface area contributed by atoms with Crippen LogP contribution in [0.25, 0.3) is 16.8 Å². The number of nitrogens with two attached hydrogens (primary N) is 2. The van der Waals surface area contributed by atoms with E-state index in [0.717, 1.165) is 12.8 Å². The topological polar surface area (TPSA) is 112 Å². The molecular weight excluding hydrogens is 375 g/mol. The molecule has 1 amide bonds. The predicted molar refractivity (Wildman–Crippen MR) is 111 cm³/mol. The largest absolute Gasteiger partial charge is 0.497 e. The normalized spacial score (nSPS) is 14.1. The Morgan fingerprint density at radius 2 is 1.90 bits per heavy atom. The zero-order valence-corrected chi connectivity index (χ0v) is 16.6. The van der Waals surface area contributed by atoms with E-state index in [1.165, 1.54) is 26.4 Å². The SMILES string of the molecule is CN/C(=C(/N)C(=O)NC1CC1)c1ccc(F)c(-c2ccc(OC)cc2OC)c1N.